The van der Waals surface area contributed by atoms with Gasteiger partial charge in [-0.1, -0.05) is 135 Å². The Labute approximate surface area is 352 Å². The summed E-state index contributed by atoms with van der Waals surface area (Å²) in [6, 6.07) is 28.8. The minimum Gasteiger partial charge on any atom is -0.341 e. The molecule has 0 saturated carbocycles. The van der Waals surface area contributed by atoms with Crippen molar-refractivity contribution in [3.63, 3.8) is 0 Å². The predicted molar refractivity (Wildman–Crippen MR) is 241 cm³/mol. The van der Waals surface area contributed by atoms with Gasteiger partial charge in [0.2, 0.25) is 0 Å². The van der Waals surface area contributed by atoms with Gasteiger partial charge in [-0.2, -0.15) is 0 Å². The molecular formula is C52H70NO4P. The summed E-state index contributed by atoms with van der Waals surface area (Å²) < 4.78 is 34.1. The van der Waals surface area contributed by atoms with Crippen LogP contribution >= 0.6 is 8.53 Å². The molecule has 5 nitrogen and oxygen atoms in total. The fourth-order valence-corrected chi connectivity index (χ4v) is 11.6. The maximum Gasteiger partial charge on any atom is 0.261 e. The van der Waals surface area contributed by atoms with Crippen molar-refractivity contribution in [3.8, 4) is 0 Å². The maximum absolute atomic E-state index is 8.20. The summed E-state index contributed by atoms with van der Waals surface area (Å²) in [5.74, 6) is -0.929. The Kier molecular flexibility index (Phi) is 13.4. The molecule has 0 radical (unpaired) electrons. The second-order valence-corrected chi connectivity index (χ2v) is 18.8. The van der Waals surface area contributed by atoms with Gasteiger partial charge in [0.1, 0.15) is 12.2 Å². The molecule has 312 valence electrons. The summed E-state index contributed by atoms with van der Waals surface area (Å²) >= 11 is 0. The number of rotatable bonds is 13. The molecule has 3 atom stereocenters. The second-order valence-electron chi connectivity index (χ2n) is 17.4. The minimum atomic E-state index is -1.68. The summed E-state index contributed by atoms with van der Waals surface area (Å²) in [7, 11) is -1.68. The average Bonchev–Trinajstić information content (AvgIpc) is 3.54. The largest absolute Gasteiger partial charge is 0.341 e. The molecule has 3 fully saturated rings. The molecule has 0 spiro atoms. The van der Waals surface area contributed by atoms with Crippen LogP contribution in [0.1, 0.15) is 155 Å². The van der Waals surface area contributed by atoms with Crippen LogP contribution in [0.2, 0.25) is 0 Å². The van der Waals surface area contributed by atoms with Crippen LogP contribution in [-0.2, 0) is 81.1 Å². The SMILES string of the molecule is CCc1cc(CC)cc(C2(c3cc(CC)cc(CC)c3)OP(N3CCCCC3)OC(c3cc(CC)cc(CC)c3)(c3cc(CC)cc(CC)c3)[C@@H]3OC(C)(C)OC32)c1. The Morgan fingerprint density at radius 2 is 0.690 bits per heavy atom. The Morgan fingerprint density at radius 3 is 0.931 bits per heavy atom. The fraction of sp³-hybridized carbons (Fsp3) is 0.538. The van der Waals surface area contributed by atoms with Crippen LogP contribution in [0.5, 0.6) is 0 Å². The van der Waals surface area contributed by atoms with Gasteiger partial charge >= 0.3 is 0 Å². The lowest BCUT2D eigenvalue weighted by molar-refractivity contribution is -0.175. The molecule has 0 N–H and O–H groups in total. The first kappa shape index (κ1) is 43.2. The monoisotopic (exact) mass is 804 g/mol. The standard InChI is InChI=1S/C52H70NO4P/c1-11-36-24-37(12-2)29-44(28-36)51(45-30-38(13-3)25-39(14-4)31-45)48-49(55-50(9,10)54-48)52(46-32-40(15-5)26-41(16-6)33-46,47-34-42(17-7)27-43(18-8)35-47)57-58(56-51)53-22-20-19-21-23-53/h24-35,48-49H,11-23H2,1-10H3/t48-,49?,58?/m1/s1. The average molecular weight is 804 g/mol. The Morgan fingerprint density at radius 1 is 0.431 bits per heavy atom. The number of nitrogens with zero attached hydrogens (tertiary/aromatic N) is 1. The molecule has 7 rings (SSSR count). The number of piperidine rings is 1. The van der Waals surface area contributed by atoms with Gasteiger partial charge in [-0.15, -0.1) is 0 Å². The fourth-order valence-electron chi connectivity index (χ4n) is 9.62. The van der Waals surface area contributed by atoms with Crippen LogP contribution in [0.3, 0.4) is 0 Å². The normalized spacial score (nSPS) is 22.8. The van der Waals surface area contributed by atoms with Gasteiger partial charge in [0, 0.05) is 13.1 Å². The van der Waals surface area contributed by atoms with Crippen molar-refractivity contribution < 1.29 is 18.5 Å². The quantitative estimate of drug-likeness (QED) is 0.126. The molecule has 3 heterocycles. The van der Waals surface area contributed by atoms with Gasteiger partial charge in [0.25, 0.3) is 8.53 Å². The molecule has 4 aromatic carbocycles. The molecule has 0 amide bonds. The van der Waals surface area contributed by atoms with Crippen LogP contribution < -0.4 is 0 Å². The molecule has 58 heavy (non-hydrogen) atoms. The van der Waals surface area contributed by atoms with Crippen molar-refractivity contribution in [2.45, 2.75) is 169 Å². The highest BCUT2D eigenvalue weighted by atomic mass is 31.2. The third kappa shape index (κ3) is 8.14. The highest BCUT2D eigenvalue weighted by Crippen LogP contribution is 2.66. The zero-order valence-electron chi connectivity index (χ0n) is 37.3. The van der Waals surface area contributed by atoms with Crippen molar-refractivity contribution >= 4 is 8.53 Å². The van der Waals surface area contributed by atoms with E-state index in [1.807, 2.05) is 0 Å². The van der Waals surface area contributed by atoms with Crippen molar-refractivity contribution in [2.24, 2.45) is 0 Å². The van der Waals surface area contributed by atoms with Gasteiger partial charge in [0.15, 0.2) is 17.0 Å². The lowest BCUT2D eigenvalue weighted by atomic mass is 9.70. The predicted octanol–water partition coefficient (Wildman–Crippen LogP) is 12.7. The molecule has 2 unspecified atom stereocenters. The van der Waals surface area contributed by atoms with Crippen LogP contribution in [-0.4, -0.2) is 35.8 Å². The van der Waals surface area contributed by atoms with E-state index >= 15 is 0 Å². The molecule has 0 bridgehead atoms. The van der Waals surface area contributed by atoms with Crippen LogP contribution in [0.4, 0.5) is 0 Å². The lowest BCUT2D eigenvalue weighted by Gasteiger charge is -2.43. The Balaban J connectivity index is 1.67. The number of benzene rings is 4. The number of hydrogen-bond donors (Lipinski definition) is 0. The number of aryl methyl sites for hydroxylation is 8. The van der Waals surface area contributed by atoms with E-state index in [4.69, 9.17) is 18.5 Å². The summed E-state index contributed by atoms with van der Waals surface area (Å²) in [6.07, 6.45) is 9.74. The van der Waals surface area contributed by atoms with Gasteiger partial charge in [-0.3, -0.25) is 0 Å². The first-order valence-corrected chi connectivity index (χ1v) is 23.9. The topological polar surface area (TPSA) is 40.2 Å². The van der Waals surface area contributed by atoms with Gasteiger partial charge < -0.3 is 18.5 Å². The highest BCUT2D eigenvalue weighted by molar-refractivity contribution is 7.44. The van der Waals surface area contributed by atoms with E-state index in [0.29, 0.717) is 0 Å². The smallest absolute Gasteiger partial charge is 0.261 e. The third-order valence-electron chi connectivity index (χ3n) is 13.1. The molecule has 0 aromatic heterocycles. The van der Waals surface area contributed by atoms with Crippen molar-refractivity contribution in [3.05, 3.63) is 140 Å². The summed E-state index contributed by atoms with van der Waals surface area (Å²) in [5, 5.41) is 0. The highest BCUT2D eigenvalue weighted by Gasteiger charge is 2.67. The molecule has 3 aliphatic rings. The molecule has 4 aromatic rings. The summed E-state index contributed by atoms with van der Waals surface area (Å²) in [6.45, 7) is 24.1. The Hall–Kier alpha value is -2.89. The molecule has 3 aliphatic heterocycles. The van der Waals surface area contributed by atoms with E-state index in [0.717, 1.165) is 99.6 Å². The van der Waals surface area contributed by atoms with E-state index in [1.54, 1.807) is 0 Å². The van der Waals surface area contributed by atoms with Crippen molar-refractivity contribution in [1.82, 2.24) is 4.67 Å². The lowest BCUT2D eigenvalue weighted by Crippen LogP contribution is -2.54. The minimum absolute atomic E-state index is 0.570. The van der Waals surface area contributed by atoms with E-state index in [-0.39, 0.29) is 0 Å². The molecule has 0 aliphatic carbocycles. The second kappa shape index (κ2) is 18.0. The van der Waals surface area contributed by atoms with Crippen LogP contribution in [0.15, 0.2) is 72.8 Å². The number of hydrogen-bond acceptors (Lipinski definition) is 5. The van der Waals surface area contributed by atoms with Gasteiger partial charge in [-0.05, 0) is 145 Å². The summed E-state index contributed by atoms with van der Waals surface area (Å²) in [5.41, 5.74) is 12.9. The van der Waals surface area contributed by atoms with Gasteiger partial charge in [-0.25, -0.2) is 4.67 Å². The first-order valence-electron chi connectivity index (χ1n) is 22.8. The van der Waals surface area contributed by atoms with Crippen molar-refractivity contribution in [1.29, 1.82) is 0 Å². The zero-order chi connectivity index (χ0) is 41.2. The van der Waals surface area contributed by atoms with E-state index in [2.05, 4.69) is 147 Å². The van der Waals surface area contributed by atoms with E-state index in [9.17, 15) is 0 Å². The Bertz CT molecular complexity index is 1710. The van der Waals surface area contributed by atoms with E-state index < -0.39 is 37.7 Å². The van der Waals surface area contributed by atoms with Crippen LogP contribution in [0.25, 0.3) is 0 Å². The third-order valence-corrected chi connectivity index (χ3v) is 14.8. The molecule has 3 saturated heterocycles. The van der Waals surface area contributed by atoms with Gasteiger partial charge in [0.05, 0.1) is 0 Å². The molecule has 6 heteroatoms. The van der Waals surface area contributed by atoms with E-state index in [1.165, 1.54) is 50.9 Å². The molecular weight excluding hydrogens is 734 g/mol. The maximum atomic E-state index is 8.20. The zero-order valence-corrected chi connectivity index (χ0v) is 38.2. The number of ether oxygens (including phenoxy) is 2. The first-order chi connectivity index (χ1) is 28.0. The number of fused-ring (bicyclic) bond motifs is 1. The van der Waals surface area contributed by atoms with Crippen molar-refractivity contribution in [2.75, 3.05) is 13.1 Å². The van der Waals surface area contributed by atoms with Crippen LogP contribution in [0, 0.1) is 0 Å². The summed E-state index contributed by atoms with van der Waals surface area (Å²) in [4.78, 5) is 0.